The maximum absolute atomic E-state index is 5.77. The van der Waals surface area contributed by atoms with Gasteiger partial charge in [-0.05, 0) is 37.8 Å². The molecule has 82 valence electrons. The molecule has 1 saturated heterocycles. The second-order valence-corrected chi connectivity index (χ2v) is 4.59. The maximum atomic E-state index is 5.77. The van der Waals surface area contributed by atoms with Crippen molar-refractivity contribution in [1.29, 1.82) is 0 Å². The van der Waals surface area contributed by atoms with Gasteiger partial charge in [0, 0.05) is 24.7 Å². The monoisotopic (exact) mass is 224 g/mol. The Labute approximate surface area is 96.3 Å². The van der Waals surface area contributed by atoms with Crippen LogP contribution < -0.4 is 4.90 Å². The second-order valence-electron chi connectivity index (χ2n) is 4.22. The quantitative estimate of drug-likeness (QED) is 0.734. The van der Waals surface area contributed by atoms with Gasteiger partial charge in [-0.3, -0.25) is 0 Å². The summed E-state index contributed by atoms with van der Waals surface area (Å²) in [5.74, 6) is 2.65. The van der Waals surface area contributed by atoms with Crippen LogP contribution in [0.25, 0.3) is 0 Å². The average Bonchev–Trinajstić information content (AvgIpc) is 2.67. The topological polar surface area (TPSA) is 16.1 Å². The van der Waals surface area contributed by atoms with Gasteiger partial charge in [0.05, 0.1) is 0 Å². The number of nitrogens with zero attached hydrogens (tertiary/aromatic N) is 2. The lowest BCUT2D eigenvalue weighted by atomic mass is 10.1. The SMILES string of the molecule is Cc1cccc(N2CCC(CCCl)C2)n1. The van der Waals surface area contributed by atoms with Crippen molar-refractivity contribution >= 4 is 17.4 Å². The molecule has 0 saturated carbocycles. The summed E-state index contributed by atoms with van der Waals surface area (Å²) in [5.41, 5.74) is 1.09. The van der Waals surface area contributed by atoms with Gasteiger partial charge in [0.1, 0.15) is 5.82 Å². The van der Waals surface area contributed by atoms with Crippen LogP contribution in [0, 0.1) is 12.8 Å². The largest absolute Gasteiger partial charge is 0.356 e. The number of rotatable bonds is 3. The molecule has 2 rings (SSSR count). The number of aromatic nitrogens is 1. The van der Waals surface area contributed by atoms with Crippen LogP contribution in [-0.4, -0.2) is 24.0 Å². The summed E-state index contributed by atoms with van der Waals surface area (Å²) in [4.78, 5) is 6.91. The minimum absolute atomic E-state index is 0.754. The first-order valence-corrected chi connectivity index (χ1v) is 6.07. The lowest BCUT2D eigenvalue weighted by Crippen LogP contribution is -2.21. The van der Waals surface area contributed by atoms with E-state index in [9.17, 15) is 0 Å². The highest BCUT2D eigenvalue weighted by Gasteiger charge is 2.22. The van der Waals surface area contributed by atoms with Gasteiger partial charge in [-0.25, -0.2) is 4.98 Å². The molecule has 2 heterocycles. The third-order valence-electron chi connectivity index (χ3n) is 3.00. The molecule has 1 fully saturated rings. The Hall–Kier alpha value is -0.760. The predicted molar refractivity (Wildman–Crippen MR) is 64.6 cm³/mol. The smallest absolute Gasteiger partial charge is 0.128 e. The first kappa shape index (κ1) is 10.7. The Balaban J connectivity index is 2.01. The van der Waals surface area contributed by atoms with Crippen molar-refractivity contribution in [1.82, 2.24) is 4.98 Å². The van der Waals surface area contributed by atoms with Crippen LogP contribution in [0.15, 0.2) is 18.2 Å². The van der Waals surface area contributed by atoms with E-state index in [2.05, 4.69) is 22.0 Å². The molecule has 1 aromatic rings. The zero-order chi connectivity index (χ0) is 10.7. The van der Waals surface area contributed by atoms with Crippen LogP contribution >= 0.6 is 11.6 Å². The lowest BCUT2D eigenvalue weighted by molar-refractivity contribution is 0.572. The van der Waals surface area contributed by atoms with Gasteiger partial charge in [-0.1, -0.05) is 6.07 Å². The fourth-order valence-corrected chi connectivity index (χ4v) is 2.44. The Kier molecular flexibility index (Phi) is 3.47. The van der Waals surface area contributed by atoms with E-state index in [4.69, 9.17) is 11.6 Å². The highest BCUT2D eigenvalue weighted by molar-refractivity contribution is 6.17. The van der Waals surface area contributed by atoms with Crippen molar-refractivity contribution in [2.75, 3.05) is 23.9 Å². The van der Waals surface area contributed by atoms with Crippen LogP contribution in [0.3, 0.4) is 0 Å². The van der Waals surface area contributed by atoms with Crippen LogP contribution in [0.1, 0.15) is 18.5 Å². The van der Waals surface area contributed by atoms with Gasteiger partial charge >= 0.3 is 0 Å². The lowest BCUT2D eigenvalue weighted by Gasteiger charge is -2.17. The molecule has 1 aromatic heterocycles. The molecule has 1 atom stereocenters. The molecule has 0 radical (unpaired) electrons. The van der Waals surface area contributed by atoms with Crippen molar-refractivity contribution < 1.29 is 0 Å². The number of anilines is 1. The minimum Gasteiger partial charge on any atom is -0.356 e. The van der Waals surface area contributed by atoms with Crippen LogP contribution in [0.2, 0.25) is 0 Å². The van der Waals surface area contributed by atoms with E-state index in [1.54, 1.807) is 0 Å². The average molecular weight is 225 g/mol. The summed E-state index contributed by atoms with van der Waals surface area (Å²) in [7, 11) is 0. The molecule has 0 bridgehead atoms. The van der Waals surface area contributed by atoms with E-state index in [0.29, 0.717) is 0 Å². The van der Waals surface area contributed by atoms with E-state index in [1.807, 2.05) is 13.0 Å². The summed E-state index contributed by atoms with van der Waals surface area (Å²) >= 11 is 5.77. The molecular weight excluding hydrogens is 208 g/mol. The third kappa shape index (κ3) is 2.63. The van der Waals surface area contributed by atoms with Crippen LogP contribution in [-0.2, 0) is 0 Å². The number of pyridine rings is 1. The number of aryl methyl sites for hydroxylation is 1. The second kappa shape index (κ2) is 4.84. The summed E-state index contributed by atoms with van der Waals surface area (Å²) in [5, 5.41) is 0. The predicted octanol–water partition coefficient (Wildman–Crippen LogP) is 2.85. The number of hydrogen-bond donors (Lipinski definition) is 0. The van der Waals surface area contributed by atoms with Gasteiger partial charge in [-0.15, -0.1) is 11.6 Å². The summed E-state index contributed by atoms with van der Waals surface area (Å²) in [6.07, 6.45) is 2.38. The van der Waals surface area contributed by atoms with Crippen molar-refractivity contribution in [3.63, 3.8) is 0 Å². The summed E-state index contributed by atoms with van der Waals surface area (Å²) < 4.78 is 0. The zero-order valence-corrected chi connectivity index (χ0v) is 9.87. The first-order chi connectivity index (χ1) is 7.29. The Morgan fingerprint density at radius 2 is 2.40 bits per heavy atom. The molecule has 0 spiro atoms. The molecule has 0 N–H and O–H groups in total. The van der Waals surface area contributed by atoms with Crippen molar-refractivity contribution in [3.05, 3.63) is 23.9 Å². The normalized spacial score (nSPS) is 20.9. The van der Waals surface area contributed by atoms with Gasteiger partial charge in [0.25, 0.3) is 0 Å². The van der Waals surface area contributed by atoms with Crippen molar-refractivity contribution in [3.8, 4) is 0 Å². The minimum atomic E-state index is 0.754. The highest BCUT2D eigenvalue weighted by Crippen LogP contribution is 2.24. The van der Waals surface area contributed by atoms with E-state index in [-0.39, 0.29) is 0 Å². The van der Waals surface area contributed by atoms with Gasteiger partial charge in [0.2, 0.25) is 0 Å². The standard InChI is InChI=1S/C12H17ClN2/c1-10-3-2-4-12(14-10)15-8-6-11(9-15)5-7-13/h2-4,11H,5-9H2,1H3. The van der Waals surface area contributed by atoms with Gasteiger partial charge < -0.3 is 4.90 Å². The van der Waals surface area contributed by atoms with Gasteiger partial charge in [-0.2, -0.15) is 0 Å². The highest BCUT2D eigenvalue weighted by atomic mass is 35.5. The number of halogens is 1. The fourth-order valence-electron chi connectivity index (χ4n) is 2.14. The van der Waals surface area contributed by atoms with E-state index in [0.717, 1.165) is 42.8 Å². The Bertz CT molecular complexity index is 327. The van der Waals surface area contributed by atoms with E-state index < -0.39 is 0 Å². The van der Waals surface area contributed by atoms with Crippen molar-refractivity contribution in [2.45, 2.75) is 19.8 Å². The van der Waals surface area contributed by atoms with E-state index >= 15 is 0 Å². The molecule has 1 aliphatic rings. The molecule has 15 heavy (non-hydrogen) atoms. The molecule has 0 aromatic carbocycles. The molecule has 3 heteroatoms. The fraction of sp³-hybridized carbons (Fsp3) is 0.583. The zero-order valence-electron chi connectivity index (χ0n) is 9.12. The molecule has 0 aliphatic carbocycles. The number of alkyl halides is 1. The summed E-state index contributed by atoms with van der Waals surface area (Å²) in [6.45, 7) is 4.27. The summed E-state index contributed by atoms with van der Waals surface area (Å²) in [6, 6.07) is 6.21. The molecule has 2 nitrogen and oxygen atoms in total. The van der Waals surface area contributed by atoms with E-state index in [1.165, 1.54) is 6.42 Å². The first-order valence-electron chi connectivity index (χ1n) is 5.54. The Morgan fingerprint density at radius 3 is 3.13 bits per heavy atom. The van der Waals surface area contributed by atoms with Gasteiger partial charge in [0.15, 0.2) is 0 Å². The molecular formula is C12H17ClN2. The van der Waals surface area contributed by atoms with Crippen molar-refractivity contribution in [2.24, 2.45) is 5.92 Å². The molecule has 1 aliphatic heterocycles. The Morgan fingerprint density at radius 1 is 1.53 bits per heavy atom. The number of hydrogen-bond acceptors (Lipinski definition) is 2. The van der Waals surface area contributed by atoms with Crippen LogP contribution in [0.5, 0.6) is 0 Å². The third-order valence-corrected chi connectivity index (χ3v) is 3.22. The molecule has 0 amide bonds. The van der Waals surface area contributed by atoms with Crippen LogP contribution in [0.4, 0.5) is 5.82 Å². The molecule has 1 unspecified atom stereocenters. The maximum Gasteiger partial charge on any atom is 0.128 e.